The zero-order valence-electron chi connectivity index (χ0n) is 19.9. The number of nitrogens with two attached hydrogens (primary N) is 1. The minimum absolute atomic E-state index is 0.00514. The summed E-state index contributed by atoms with van der Waals surface area (Å²) >= 11 is 0. The molecule has 0 radical (unpaired) electrons. The van der Waals surface area contributed by atoms with Crippen LogP contribution in [0.2, 0.25) is 0 Å². The van der Waals surface area contributed by atoms with Crippen molar-refractivity contribution in [1.82, 2.24) is 29.0 Å². The lowest BCUT2D eigenvalue weighted by Crippen LogP contribution is -2.45. The Bertz CT molecular complexity index is 1460. The van der Waals surface area contributed by atoms with Crippen LogP contribution >= 0.6 is 0 Å². The lowest BCUT2D eigenvalue weighted by molar-refractivity contribution is -0.0526. The summed E-state index contributed by atoms with van der Waals surface area (Å²) in [5, 5.41) is 0.810. The summed E-state index contributed by atoms with van der Waals surface area (Å²) in [6, 6.07) is 6.90. The molecule has 1 saturated heterocycles. The standard InChI is InChI=1S/C25H27F2N7O2/c1-32-22-18(9-16(11-29-22)24(35)33-8-2-3-17(28)13-33)30-23(32)19-10-15-6-7-20(36-25(26)27)31-21(15)34(19)12-14-4-5-14/h6-7,9-11,14,17,25H,2-5,8,12-13,28H2,1H3. The predicted molar refractivity (Wildman–Crippen MR) is 130 cm³/mol. The van der Waals surface area contributed by atoms with E-state index in [9.17, 15) is 13.6 Å². The van der Waals surface area contributed by atoms with E-state index < -0.39 is 6.61 Å². The molecule has 2 N–H and O–H groups in total. The SMILES string of the molecule is Cn1c(-c2cc3ccc(OC(F)F)nc3n2CC2CC2)nc2cc(C(=O)N3CCCC(N)C3)cnc21. The summed E-state index contributed by atoms with van der Waals surface area (Å²) in [7, 11) is 1.88. The molecular weight excluding hydrogens is 468 g/mol. The van der Waals surface area contributed by atoms with E-state index in [0.717, 1.165) is 36.8 Å². The van der Waals surface area contributed by atoms with Crippen LogP contribution in [-0.2, 0) is 13.6 Å². The molecule has 4 aromatic heterocycles. The molecule has 11 heteroatoms. The molecular formula is C25H27F2N7O2. The second kappa shape index (κ2) is 8.81. The molecule has 4 aromatic rings. The van der Waals surface area contributed by atoms with Crippen molar-refractivity contribution in [2.75, 3.05) is 13.1 Å². The van der Waals surface area contributed by atoms with Crippen molar-refractivity contribution in [2.45, 2.75) is 44.9 Å². The quantitative estimate of drug-likeness (QED) is 0.439. The predicted octanol–water partition coefficient (Wildman–Crippen LogP) is 3.56. The van der Waals surface area contributed by atoms with Crippen LogP contribution in [0.4, 0.5) is 8.78 Å². The molecule has 1 unspecified atom stereocenters. The Hall–Kier alpha value is -3.60. The van der Waals surface area contributed by atoms with Gasteiger partial charge in [0.05, 0.1) is 11.3 Å². The molecule has 2 fully saturated rings. The van der Waals surface area contributed by atoms with Gasteiger partial charge in [-0.25, -0.2) is 9.97 Å². The lowest BCUT2D eigenvalue weighted by atomic mass is 10.1. The first-order chi connectivity index (χ1) is 17.4. The van der Waals surface area contributed by atoms with Crippen molar-refractivity contribution in [3.8, 4) is 17.4 Å². The first kappa shape index (κ1) is 22.8. The summed E-state index contributed by atoms with van der Waals surface area (Å²) in [5.74, 6) is 0.961. The fraction of sp³-hybridized carbons (Fsp3) is 0.440. The number of halogens is 2. The number of ether oxygens (including phenoxy) is 1. The Morgan fingerprint density at radius 1 is 1.19 bits per heavy atom. The smallest absolute Gasteiger partial charge is 0.388 e. The monoisotopic (exact) mass is 495 g/mol. The van der Waals surface area contributed by atoms with Crippen molar-refractivity contribution >= 4 is 28.1 Å². The van der Waals surface area contributed by atoms with E-state index in [4.69, 9.17) is 10.7 Å². The maximum absolute atomic E-state index is 13.1. The van der Waals surface area contributed by atoms with Crippen LogP contribution in [0.15, 0.2) is 30.5 Å². The molecule has 0 aromatic carbocycles. The van der Waals surface area contributed by atoms with Crippen LogP contribution in [0.3, 0.4) is 0 Å². The molecule has 5 heterocycles. The molecule has 6 rings (SSSR count). The number of fused-ring (bicyclic) bond motifs is 2. The van der Waals surface area contributed by atoms with Gasteiger partial charge < -0.3 is 24.5 Å². The number of piperidine rings is 1. The normalized spacial score (nSPS) is 18.5. The molecule has 1 saturated carbocycles. The largest absolute Gasteiger partial charge is 0.417 e. The highest BCUT2D eigenvalue weighted by molar-refractivity contribution is 5.97. The molecule has 0 bridgehead atoms. The summed E-state index contributed by atoms with van der Waals surface area (Å²) in [4.78, 5) is 28.6. The molecule has 2 aliphatic rings. The van der Waals surface area contributed by atoms with Gasteiger partial charge in [-0.1, -0.05) is 0 Å². The molecule has 1 aliphatic heterocycles. The number of pyridine rings is 2. The number of likely N-dealkylation sites (tertiary alicyclic amines) is 1. The van der Waals surface area contributed by atoms with Crippen LogP contribution < -0.4 is 10.5 Å². The molecule has 1 amide bonds. The number of aryl methyl sites for hydroxylation is 1. The highest BCUT2D eigenvalue weighted by atomic mass is 19.3. The van der Waals surface area contributed by atoms with Gasteiger partial charge in [0.2, 0.25) is 5.88 Å². The van der Waals surface area contributed by atoms with Crippen LogP contribution in [0.25, 0.3) is 33.7 Å². The molecule has 36 heavy (non-hydrogen) atoms. The van der Waals surface area contributed by atoms with E-state index in [2.05, 4.69) is 14.7 Å². The van der Waals surface area contributed by atoms with Crippen LogP contribution in [0.1, 0.15) is 36.0 Å². The zero-order chi connectivity index (χ0) is 25.0. The van der Waals surface area contributed by atoms with Gasteiger partial charge in [0, 0.05) is 50.4 Å². The van der Waals surface area contributed by atoms with Crippen LogP contribution in [0, 0.1) is 5.92 Å². The third-order valence-corrected chi connectivity index (χ3v) is 7.00. The summed E-state index contributed by atoms with van der Waals surface area (Å²) in [5.41, 5.74) is 9.19. The number of carbonyl (C=O) groups is 1. The number of nitrogens with zero attached hydrogens (tertiary/aromatic N) is 6. The second-order valence-corrected chi connectivity index (χ2v) is 9.74. The van der Waals surface area contributed by atoms with Crippen LogP contribution in [-0.4, -0.2) is 60.6 Å². The van der Waals surface area contributed by atoms with E-state index in [1.54, 1.807) is 23.2 Å². The zero-order valence-corrected chi connectivity index (χ0v) is 19.9. The third-order valence-electron chi connectivity index (χ3n) is 7.00. The van der Waals surface area contributed by atoms with Crippen LogP contribution in [0.5, 0.6) is 5.88 Å². The Morgan fingerprint density at radius 2 is 2.03 bits per heavy atom. The number of imidazole rings is 1. The highest BCUT2D eigenvalue weighted by Crippen LogP contribution is 2.36. The first-order valence-corrected chi connectivity index (χ1v) is 12.2. The average Bonchev–Trinajstić information content (AvgIpc) is 3.53. The minimum atomic E-state index is -2.94. The molecule has 1 atom stereocenters. The fourth-order valence-electron chi connectivity index (χ4n) is 4.99. The van der Waals surface area contributed by atoms with Gasteiger partial charge in [-0.05, 0) is 49.8 Å². The van der Waals surface area contributed by atoms with E-state index in [-0.39, 0.29) is 17.8 Å². The Balaban J connectivity index is 1.41. The average molecular weight is 496 g/mol. The third kappa shape index (κ3) is 4.17. The number of carbonyl (C=O) groups excluding carboxylic acids is 1. The van der Waals surface area contributed by atoms with Crippen molar-refractivity contribution in [1.29, 1.82) is 0 Å². The van der Waals surface area contributed by atoms with Crippen molar-refractivity contribution in [3.05, 3.63) is 36.0 Å². The number of aromatic nitrogens is 5. The molecule has 188 valence electrons. The maximum atomic E-state index is 13.1. The van der Waals surface area contributed by atoms with Gasteiger partial charge in [0.15, 0.2) is 11.5 Å². The van der Waals surface area contributed by atoms with Crippen molar-refractivity contribution in [2.24, 2.45) is 18.7 Å². The van der Waals surface area contributed by atoms with E-state index in [1.807, 2.05) is 22.2 Å². The number of alkyl halides is 2. The molecule has 9 nitrogen and oxygen atoms in total. The number of hydrogen-bond donors (Lipinski definition) is 1. The van der Waals surface area contributed by atoms with E-state index in [1.165, 1.54) is 6.07 Å². The summed E-state index contributed by atoms with van der Waals surface area (Å²) in [6.07, 6.45) is 5.62. The second-order valence-electron chi connectivity index (χ2n) is 9.74. The highest BCUT2D eigenvalue weighted by Gasteiger charge is 2.27. The summed E-state index contributed by atoms with van der Waals surface area (Å²) in [6.45, 7) is -1.01. The van der Waals surface area contributed by atoms with Crippen molar-refractivity contribution in [3.63, 3.8) is 0 Å². The Kier molecular flexibility index (Phi) is 5.59. The van der Waals surface area contributed by atoms with Gasteiger partial charge in [-0.3, -0.25) is 4.79 Å². The van der Waals surface area contributed by atoms with Gasteiger partial charge >= 0.3 is 6.61 Å². The molecule has 1 aliphatic carbocycles. The Labute approximate surface area is 205 Å². The molecule has 0 spiro atoms. The fourth-order valence-corrected chi connectivity index (χ4v) is 4.99. The van der Waals surface area contributed by atoms with Gasteiger partial charge in [0.1, 0.15) is 11.2 Å². The van der Waals surface area contributed by atoms with Gasteiger partial charge in [-0.2, -0.15) is 13.8 Å². The minimum Gasteiger partial charge on any atom is -0.417 e. The number of amides is 1. The maximum Gasteiger partial charge on any atom is 0.388 e. The van der Waals surface area contributed by atoms with Gasteiger partial charge in [0.25, 0.3) is 5.91 Å². The first-order valence-electron chi connectivity index (χ1n) is 12.2. The summed E-state index contributed by atoms with van der Waals surface area (Å²) < 4.78 is 34.0. The van der Waals surface area contributed by atoms with Crippen molar-refractivity contribution < 1.29 is 18.3 Å². The lowest BCUT2D eigenvalue weighted by Gasteiger charge is -2.30. The van der Waals surface area contributed by atoms with Gasteiger partial charge in [-0.15, -0.1) is 0 Å². The van der Waals surface area contributed by atoms with E-state index in [0.29, 0.717) is 53.8 Å². The number of rotatable bonds is 6. The Morgan fingerprint density at radius 3 is 2.78 bits per heavy atom. The topological polar surface area (TPSA) is 104 Å². The van der Waals surface area contributed by atoms with E-state index >= 15 is 0 Å². The number of hydrogen-bond acceptors (Lipinski definition) is 6.